The minimum atomic E-state index is 0.0631. The van der Waals surface area contributed by atoms with Gasteiger partial charge in [0.1, 0.15) is 5.58 Å². The van der Waals surface area contributed by atoms with Crippen LogP contribution in [0.4, 0.5) is 0 Å². The summed E-state index contributed by atoms with van der Waals surface area (Å²) in [4.78, 5) is 15.4. The van der Waals surface area contributed by atoms with E-state index < -0.39 is 0 Å². The van der Waals surface area contributed by atoms with Gasteiger partial charge in [-0.2, -0.15) is 0 Å². The Kier molecular flexibility index (Phi) is 2.88. The van der Waals surface area contributed by atoms with E-state index in [1.54, 1.807) is 0 Å². The molecule has 3 nitrogen and oxygen atoms in total. The molecule has 0 N–H and O–H groups in total. The largest absolute Gasteiger partial charge is 0.451 e. The zero-order chi connectivity index (χ0) is 13.7. The zero-order valence-corrected chi connectivity index (χ0v) is 12.7. The van der Waals surface area contributed by atoms with Crippen molar-refractivity contribution >= 4 is 32.8 Å². The van der Waals surface area contributed by atoms with E-state index in [4.69, 9.17) is 4.42 Å². The van der Waals surface area contributed by atoms with Crippen molar-refractivity contribution < 1.29 is 9.21 Å². The summed E-state index contributed by atoms with van der Waals surface area (Å²) < 4.78 is 5.73. The van der Waals surface area contributed by atoms with Crippen LogP contribution < -0.4 is 0 Å². The highest BCUT2D eigenvalue weighted by Crippen LogP contribution is 2.39. The fraction of sp³-hybridized carbons (Fsp3) is 0.438. The maximum atomic E-state index is 12.8. The molecule has 2 aliphatic heterocycles. The number of alkyl halides is 1. The molecule has 104 valence electrons. The van der Waals surface area contributed by atoms with Gasteiger partial charge in [0.05, 0.1) is 0 Å². The van der Waals surface area contributed by atoms with Crippen LogP contribution in [0.2, 0.25) is 0 Å². The monoisotopic (exact) mass is 333 g/mol. The van der Waals surface area contributed by atoms with Gasteiger partial charge in [-0.1, -0.05) is 34.1 Å². The molecular formula is C16H16BrNO2. The second-order valence-corrected chi connectivity index (χ2v) is 7.11. The lowest BCUT2D eigenvalue weighted by molar-refractivity contribution is 0.0573. The van der Waals surface area contributed by atoms with Crippen molar-refractivity contribution in [3.05, 3.63) is 36.1 Å². The van der Waals surface area contributed by atoms with Crippen LogP contribution in [0.15, 0.2) is 34.7 Å². The van der Waals surface area contributed by atoms with Gasteiger partial charge >= 0.3 is 0 Å². The summed E-state index contributed by atoms with van der Waals surface area (Å²) in [6.45, 7) is 0. The summed E-state index contributed by atoms with van der Waals surface area (Å²) in [5.41, 5.74) is 0.790. The van der Waals surface area contributed by atoms with Crippen molar-refractivity contribution in [2.45, 2.75) is 42.6 Å². The Hall–Kier alpha value is -1.29. The highest BCUT2D eigenvalue weighted by atomic mass is 79.9. The highest BCUT2D eigenvalue weighted by molar-refractivity contribution is 9.09. The van der Waals surface area contributed by atoms with Gasteiger partial charge in [-0.05, 0) is 37.8 Å². The number of rotatable bonds is 1. The summed E-state index contributed by atoms with van der Waals surface area (Å²) >= 11 is 3.71. The van der Waals surface area contributed by atoms with Gasteiger partial charge in [0.25, 0.3) is 5.91 Å². The lowest BCUT2D eigenvalue weighted by atomic mass is 10.0. The molecule has 0 spiro atoms. The maximum absolute atomic E-state index is 12.8. The van der Waals surface area contributed by atoms with Gasteiger partial charge in [0, 0.05) is 22.3 Å². The molecule has 20 heavy (non-hydrogen) atoms. The third kappa shape index (κ3) is 1.89. The first-order chi connectivity index (χ1) is 9.72. The van der Waals surface area contributed by atoms with Crippen LogP contribution in [0.1, 0.15) is 36.2 Å². The Balaban J connectivity index is 1.67. The molecule has 1 aromatic heterocycles. The van der Waals surface area contributed by atoms with E-state index in [0.717, 1.165) is 36.7 Å². The first-order valence-corrected chi connectivity index (χ1v) is 8.09. The number of hydrogen-bond donors (Lipinski definition) is 0. The number of benzene rings is 1. The summed E-state index contributed by atoms with van der Waals surface area (Å²) in [6.07, 6.45) is 4.36. The minimum Gasteiger partial charge on any atom is -0.451 e. The Morgan fingerprint density at radius 2 is 1.90 bits per heavy atom. The molecule has 2 saturated heterocycles. The number of carbonyl (C=O) groups is 1. The van der Waals surface area contributed by atoms with Crippen molar-refractivity contribution in [2.24, 2.45) is 0 Å². The highest BCUT2D eigenvalue weighted by Gasteiger charge is 2.43. The van der Waals surface area contributed by atoms with Gasteiger partial charge in [-0.3, -0.25) is 4.79 Å². The molecule has 2 aliphatic rings. The third-order valence-corrected chi connectivity index (χ3v) is 5.29. The average molecular weight is 334 g/mol. The molecule has 3 heterocycles. The van der Waals surface area contributed by atoms with Gasteiger partial charge in [0.2, 0.25) is 0 Å². The van der Waals surface area contributed by atoms with Crippen molar-refractivity contribution in [1.82, 2.24) is 4.90 Å². The summed E-state index contributed by atoms with van der Waals surface area (Å²) in [7, 11) is 0. The molecule has 2 bridgehead atoms. The quantitative estimate of drug-likeness (QED) is 0.740. The number of carbonyl (C=O) groups excluding carboxylic acids is 1. The average Bonchev–Trinajstić information content (AvgIpc) is 2.98. The molecule has 4 rings (SSSR count). The molecule has 1 amide bonds. The smallest absolute Gasteiger partial charge is 0.290 e. The second-order valence-electron chi connectivity index (χ2n) is 5.81. The van der Waals surface area contributed by atoms with E-state index in [9.17, 15) is 4.79 Å². The number of fused-ring (bicyclic) bond motifs is 3. The van der Waals surface area contributed by atoms with E-state index in [2.05, 4.69) is 20.8 Å². The normalized spacial score (nSPS) is 29.1. The van der Waals surface area contributed by atoms with E-state index in [0.29, 0.717) is 22.7 Å². The van der Waals surface area contributed by atoms with E-state index >= 15 is 0 Å². The molecule has 2 fully saturated rings. The molecule has 2 unspecified atom stereocenters. The molecule has 4 heteroatoms. The topological polar surface area (TPSA) is 33.5 Å². The number of para-hydroxylation sites is 1. The summed E-state index contributed by atoms with van der Waals surface area (Å²) in [6, 6.07) is 10.4. The minimum absolute atomic E-state index is 0.0631. The fourth-order valence-corrected chi connectivity index (χ4v) is 4.52. The predicted molar refractivity (Wildman–Crippen MR) is 81.1 cm³/mol. The first-order valence-electron chi connectivity index (χ1n) is 7.17. The predicted octanol–water partition coefficient (Wildman–Crippen LogP) is 3.96. The second kappa shape index (κ2) is 4.62. The van der Waals surface area contributed by atoms with E-state index in [-0.39, 0.29) is 5.91 Å². The molecule has 1 aromatic carbocycles. The first kappa shape index (κ1) is 12.5. The Labute approximate surface area is 126 Å². The van der Waals surface area contributed by atoms with E-state index in [1.807, 2.05) is 30.3 Å². The number of nitrogens with zero attached hydrogens (tertiary/aromatic N) is 1. The molecular weight excluding hydrogens is 318 g/mol. The Bertz CT molecular complexity index is 618. The van der Waals surface area contributed by atoms with Crippen LogP contribution in [0.5, 0.6) is 0 Å². The van der Waals surface area contributed by atoms with Crippen LogP contribution in [0, 0.1) is 0 Å². The number of furan rings is 1. The Morgan fingerprint density at radius 3 is 2.60 bits per heavy atom. The lowest BCUT2D eigenvalue weighted by Crippen LogP contribution is -2.46. The fourth-order valence-electron chi connectivity index (χ4n) is 3.66. The SMILES string of the molecule is O=C(c1cc2ccccc2o1)N1C2CCC1CC(Br)C2. The number of amides is 1. The van der Waals surface area contributed by atoms with Crippen LogP contribution in [0.3, 0.4) is 0 Å². The standard InChI is InChI=1S/C16H16BrNO2/c17-11-8-12-5-6-13(9-11)18(12)16(19)15-7-10-3-1-2-4-14(10)20-15/h1-4,7,11-13H,5-6,8-9H2. The van der Waals surface area contributed by atoms with Gasteiger partial charge in [-0.25, -0.2) is 0 Å². The van der Waals surface area contributed by atoms with Crippen molar-refractivity contribution in [3.63, 3.8) is 0 Å². The molecule has 2 aromatic rings. The zero-order valence-electron chi connectivity index (χ0n) is 11.1. The van der Waals surface area contributed by atoms with E-state index in [1.165, 1.54) is 0 Å². The third-order valence-electron chi connectivity index (χ3n) is 4.55. The van der Waals surface area contributed by atoms with Gasteiger partial charge in [0.15, 0.2) is 5.76 Å². The number of hydrogen-bond acceptors (Lipinski definition) is 2. The van der Waals surface area contributed by atoms with Crippen LogP contribution in [-0.2, 0) is 0 Å². The summed E-state index contributed by atoms with van der Waals surface area (Å²) in [5.74, 6) is 0.546. The van der Waals surface area contributed by atoms with Crippen molar-refractivity contribution in [3.8, 4) is 0 Å². The van der Waals surface area contributed by atoms with Crippen LogP contribution >= 0.6 is 15.9 Å². The van der Waals surface area contributed by atoms with Crippen molar-refractivity contribution in [1.29, 1.82) is 0 Å². The number of piperidine rings is 1. The van der Waals surface area contributed by atoms with Crippen LogP contribution in [-0.4, -0.2) is 27.7 Å². The van der Waals surface area contributed by atoms with Gasteiger partial charge < -0.3 is 9.32 Å². The number of halogens is 1. The lowest BCUT2D eigenvalue weighted by Gasteiger charge is -2.36. The Morgan fingerprint density at radius 1 is 1.20 bits per heavy atom. The molecule has 0 saturated carbocycles. The van der Waals surface area contributed by atoms with Crippen LogP contribution in [0.25, 0.3) is 11.0 Å². The van der Waals surface area contributed by atoms with Gasteiger partial charge in [-0.15, -0.1) is 0 Å². The molecule has 0 aliphatic carbocycles. The maximum Gasteiger partial charge on any atom is 0.290 e. The van der Waals surface area contributed by atoms with Crippen molar-refractivity contribution in [2.75, 3.05) is 0 Å². The molecule has 2 atom stereocenters. The molecule has 0 radical (unpaired) electrons. The summed E-state index contributed by atoms with van der Waals surface area (Å²) in [5, 5.41) is 0.999.